The van der Waals surface area contributed by atoms with Crippen molar-refractivity contribution < 1.29 is 33.2 Å². The number of methoxy groups -OCH3 is 2. The molecule has 0 aromatic heterocycles. The van der Waals surface area contributed by atoms with Gasteiger partial charge in [-0.25, -0.2) is 0 Å². The molecular formula is C39H62O7S. The van der Waals surface area contributed by atoms with Crippen molar-refractivity contribution in [2.75, 3.05) is 53.9 Å². The molecule has 1 aliphatic rings. The molecule has 0 N–H and O–H groups in total. The van der Waals surface area contributed by atoms with Crippen LogP contribution in [0.3, 0.4) is 0 Å². The first-order valence-electron chi connectivity index (χ1n) is 18.1. The van der Waals surface area contributed by atoms with Crippen LogP contribution in [0, 0.1) is 0 Å². The van der Waals surface area contributed by atoms with Crippen molar-refractivity contribution in [3.63, 3.8) is 0 Å². The van der Waals surface area contributed by atoms with E-state index in [1.807, 2.05) is 36.9 Å². The average molecular weight is 675 g/mol. The number of hydrogen-bond acceptors (Lipinski definition) is 8. The molecule has 2 aromatic rings. The second-order valence-electron chi connectivity index (χ2n) is 12.3. The summed E-state index contributed by atoms with van der Waals surface area (Å²) in [4.78, 5) is 0. The van der Waals surface area contributed by atoms with Crippen LogP contribution in [-0.4, -0.2) is 77.4 Å². The van der Waals surface area contributed by atoms with Crippen molar-refractivity contribution in [3.8, 4) is 17.2 Å². The quantitative estimate of drug-likeness (QED) is 0.102. The van der Waals surface area contributed by atoms with E-state index in [1.54, 1.807) is 14.2 Å². The van der Waals surface area contributed by atoms with Crippen molar-refractivity contribution in [2.45, 2.75) is 121 Å². The zero-order valence-corrected chi connectivity index (χ0v) is 31.0. The molecule has 0 saturated carbocycles. The summed E-state index contributed by atoms with van der Waals surface area (Å²) in [5, 5.41) is 0.0250. The fourth-order valence-corrected chi connectivity index (χ4v) is 7.51. The fourth-order valence-electron chi connectivity index (χ4n) is 5.85. The molecule has 47 heavy (non-hydrogen) atoms. The number of ether oxygens (including phenoxy) is 7. The van der Waals surface area contributed by atoms with Crippen LogP contribution in [0.4, 0.5) is 0 Å². The summed E-state index contributed by atoms with van der Waals surface area (Å²) in [5.41, 5.74) is 3.37. The van der Waals surface area contributed by atoms with Gasteiger partial charge >= 0.3 is 0 Å². The Kier molecular flexibility index (Phi) is 19.0. The van der Waals surface area contributed by atoms with Crippen LogP contribution in [0.15, 0.2) is 36.4 Å². The highest BCUT2D eigenvalue weighted by molar-refractivity contribution is 8.00. The molecule has 1 heterocycles. The van der Waals surface area contributed by atoms with Gasteiger partial charge in [-0.3, -0.25) is 0 Å². The van der Waals surface area contributed by atoms with Gasteiger partial charge in [0.25, 0.3) is 0 Å². The zero-order chi connectivity index (χ0) is 33.9. The topological polar surface area (TPSA) is 64.6 Å². The minimum absolute atomic E-state index is 0.0516. The normalized spacial score (nSPS) is 21.1. The van der Waals surface area contributed by atoms with Crippen LogP contribution in [0.1, 0.15) is 108 Å². The molecular weight excluding hydrogens is 612 g/mol. The average Bonchev–Trinajstić information content (AvgIpc) is 3.09. The Bertz CT molecular complexity index is 1110. The lowest BCUT2D eigenvalue weighted by atomic mass is 9.93. The van der Waals surface area contributed by atoms with Gasteiger partial charge in [0.05, 0.1) is 37.9 Å². The van der Waals surface area contributed by atoms with Crippen LogP contribution in [0.5, 0.6) is 17.2 Å². The molecule has 1 fully saturated rings. The van der Waals surface area contributed by atoms with E-state index in [2.05, 4.69) is 45.9 Å². The van der Waals surface area contributed by atoms with Gasteiger partial charge < -0.3 is 33.2 Å². The molecule has 2 aromatic carbocycles. The van der Waals surface area contributed by atoms with Gasteiger partial charge in [0.15, 0.2) is 0 Å². The van der Waals surface area contributed by atoms with Crippen molar-refractivity contribution in [1.29, 1.82) is 0 Å². The van der Waals surface area contributed by atoms with Crippen molar-refractivity contribution in [3.05, 3.63) is 53.1 Å². The van der Waals surface area contributed by atoms with Gasteiger partial charge in [-0.15, -0.1) is 11.8 Å². The highest BCUT2D eigenvalue weighted by Crippen LogP contribution is 2.50. The van der Waals surface area contributed by atoms with Crippen molar-refractivity contribution in [2.24, 2.45) is 0 Å². The predicted molar refractivity (Wildman–Crippen MR) is 194 cm³/mol. The highest BCUT2D eigenvalue weighted by Gasteiger charge is 2.49. The Labute approximate surface area is 289 Å². The number of hydrogen-bond donors (Lipinski definition) is 0. The smallest absolute Gasteiger partial charge is 0.126 e. The maximum Gasteiger partial charge on any atom is 0.126 e. The molecule has 7 nitrogen and oxygen atoms in total. The summed E-state index contributed by atoms with van der Waals surface area (Å²) in [6.45, 7) is 14.8. The van der Waals surface area contributed by atoms with E-state index in [-0.39, 0.29) is 28.8 Å². The lowest BCUT2D eigenvalue weighted by Gasteiger charge is -2.46. The maximum absolute atomic E-state index is 6.84. The van der Waals surface area contributed by atoms with Crippen molar-refractivity contribution >= 4 is 11.8 Å². The van der Waals surface area contributed by atoms with Gasteiger partial charge in [-0.05, 0) is 61.9 Å². The summed E-state index contributed by atoms with van der Waals surface area (Å²) in [5.74, 6) is 2.48. The fraction of sp³-hybridized carbons (Fsp3) is 0.692. The SMILES string of the molecule is CCCCOC[C@H]1S[C@@H](c2cc(Cc3ccc(OCC)cc3)c(OC)cc2OC)[C@H](OCCCC)[C@@H](OCCCC)[C@@H]1OCCCC. The monoisotopic (exact) mass is 674 g/mol. The molecule has 3 rings (SSSR count). The molecule has 8 heteroatoms. The standard InChI is InChI=1S/C39H62O7S/c1-8-13-21-42-28-35-36(44-22-14-9-2)37(45-23-15-10-3)38(46-24-16-11-4)39(47-35)32-26-30(33(40-6)27-34(32)41-7)25-29-17-19-31(20-18-29)43-12-5/h17-20,26-27,35-39H,8-16,21-25,28H2,1-7H3/t35-,36-,37+,38-,39+/m1/s1. The first-order valence-corrected chi connectivity index (χ1v) is 19.0. The van der Waals surface area contributed by atoms with E-state index in [0.29, 0.717) is 39.5 Å². The van der Waals surface area contributed by atoms with E-state index in [9.17, 15) is 0 Å². The summed E-state index contributed by atoms with van der Waals surface area (Å²) in [6.07, 6.45) is 8.48. The second kappa shape index (κ2) is 22.6. The lowest BCUT2D eigenvalue weighted by molar-refractivity contribution is -0.149. The highest BCUT2D eigenvalue weighted by atomic mass is 32.2. The van der Waals surface area contributed by atoms with Gasteiger partial charge in [-0.1, -0.05) is 65.5 Å². The van der Waals surface area contributed by atoms with Gasteiger partial charge in [0.1, 0.15) is 35.6 Å². The van der Waals surface area contributed by atoms with Crippen LogP contribution < -0.4 is 14.2 Å². The predicted octanol–water partition coefficient (Wildman–Crippen LogP) is 9.22. The first kappa shape index (κ1) is 39.5. The Morgan fingerprint density at radius 3 is 1.79 bits per heavy atom. The molecule has 0 radical (unpaired) electrons. The zero-order valence-electron chi connectivity index (χ0n) is 30.2. The van der Waals surface area contributed by atoms with Crippen LogP contribution in [0.25, 0.3) is 0 Å². The van der Waals surface area contributed by atoms with E-state index in [0.717, 1.165) is 86.3 Å². The Morgan fingerprint density at radius 1 is 0.638 bits per heavy atom. The summed E-state index contributed by atoms with van der Waals surface area (Å²) in [7, 11) is 3.46. The molecule has 5 atom stereocenters. The second-order valence-corrected chi connectivity index (χ2v) is 13.6. The number of thioether (sulfide) groups is 1. The van der Waals surface area contributed by atoms with E-state index in [4.69, 9.17) is 33.2 Å². The molecule has 266 valence electrons. The van der Waals surface area contributed by atoms with E-state index < -0.39 is 0 Å². The minimum Gasteiger partial charge on any atom is -0.496 e. The van der Waals surface area contributed by atoms with Gasteiger partial charge in [0.2, 0.25) is 0 Å². The Hall–Kier alpha value is -1.97. The van der Waals surface area contributed by atoms with Crippen LogP contribution in [-0.2, 0) is 25.4 Å². The van der Waals surface area contributed by atoms with Crippen LogP contribution >= 0.6 is 11.8 Å². The molecule has 0 bridgehead atoms. The van der Waals surface area contributed by atoms with Gasteiger partial charge in [-0.2, -0.15) is 0 Å². The van der Waals surface area contributed by atoms with Gasteiger partial charge in [0, 0.05) is 44.5 Å². The molecule has 0 unspecified atom stereocenters. The van der Waals surface area contributed by atoms with E-state index >= 15 is 0 Å². The summed E-state index contributed by atoms with van der Waals surface area (Å²) >= 11 is 1.89. The van der Waals surface area contributed by atoms with Crippen molar-refractivity contribution in [1.82, 2.24) is 0 Å². The minimum atomic E-state index is -0.234. The third kappa shape index (κ3) is 12.1. The third-order valence-electron chi connectivity index (χ3n) is 8.55. The third-order valence-corrected chi connectivity index (χ3v) is 10.1. The molecule has 0 spiro atoms. The number of benzene rings is 2. The lowest BCUT2D eigenvalue weighted by Crippen LogP contribution is -2.55. The Balaban J connectivity index is 2.09. The first-order chi connectivity index (χ1) is 23.0. The summed E-state index contributed by atoms with van der Waals surface area (Å²) in [6, 6.07) is 12.6. The maximum atomic E-state index is 6.84. The molecule has 1 aliphatic heterocycles. The molecule has 0 aliphatic carbocycles. The molecule has 0 amide bonds. The Morgan fingerprint density at radius 2 is 1.21 bits per heavy atom. The number of rotatable bonds is 24. The van der Waals surface area contributed by atoms with E-state index in [1.165, 1.54) is 5.56 Å². The molecule has 1 saturated heterocycles. The summed E-state index contributed by atoms with van der Waals surface area (Å²) < 4.78 is 44.3. The van der Waals surface area contributed by atoms with Crippen LogP contribution in [0.2, 0.25) is 0 Å². The largest absolute Gasteiger partial charge is 0.496 e. The number of unbranched alkanes of at least 4 members (excludes halogenated alkanes) is 4.